The Labute approximate surface area is 217 Å². The summed E-state index contributed by atoms with van der Waals surface area (Å²) in [5.74, 6) is -0.651. The lowest BCUT2D eigenvalue weighted by Gasteiger charge is -2.35. The largest absolute Gasteiger partial charge is 0.486 e. The molecule has 2 aromatic carbocycles. The van der Waals surface area contributed by atoms with Gasteiger partial charge in [-0.1, -0.05) is 12.1 Å². The number of carbonyl (C=O) groups is 2. The highest BCUT2D eigenvalue weighted by Gasteiger charge is 2.51. The molecule has 1 heterocycles. The quantitative estimate of drug-likeness (QED) is 0.454. The van der Waals surface area contributed by atoms with Crippen molar-refractivity contribution >= 4 is 33.5 Å². The molecule has 4 rings (SSSR count). The van der Waals surface area contributed by atoms with Crippen LogP contribution < -0.4 is 14.4 Å². The van der Waals surface area contributed by atoms with E-state index in [0.29, 0.717) is 19.8 Å². The highest BCUT2D eigenvalue weighted by atomic mass is 32.2. The van der Waals surface area contributed by atoms with Gasteiger partial charge in [-0.25, -0.2) is 13.2 Å². The molecule has 0 saturated heterocycles. The fraction of sp³-hybridized carbons (Fsp3) is 0.440. The minimum Gasteiger partial charge on any atom is -0.486 e. The van der Waals surface area contributed by atoms with Gasteiger partial charge in [-0.2, -0.15) is 13.2 Å². The third kappa shape index (κ3) is 5.98. The normalized spacial score (nSPS) is 17.8. The fourth-order valence-electron chi connectivity index (χ4n) is 3.96. The maximum atomic E-state index is 13.8. The fourth-order valence-corrected chi connectivity index (χ4v) is 5.51. The smallest absolute Gasteiger partial charge is 0.427 e. The monoisotopic (exact) mass is 556 g/mol. The summed E-state index contributed by atoms with van der Waals surface area (Å²) in [4.78, 5) is 23.3. The number of benzene rings is 2. The van der Waals surface area contributed by atoms with E-state index >= 15 is 0 Å². The van der Waals surface area contributed by atoms with Crippen LogP contribution in [0.25, 0.3) is 0 Å². The Balaban J connectivity index is 1.66. The van der Waals surface area contributed by atoms with E-state index in [1.54, 1.807) is 12.1 Å². The van der Waals surface area contributed by atoms with Crippen molar-refractivity contribution in [3.63, 3.8) is 0 Å². The Hall–Kier alpha value is -3.48. The van der Waals surface area contributed by atoms with Crippen LogP contribution in [0.3, 0.4) is 0 Å². The summed E-state index contributed by atoms with van der Waals surface area (Å²) in [6, 6.07) is 10.5. The van der Waals surface area contributed by atoms with E-state index in [0.717, 1.165) is 22.7 Å². The molecule has 0 spiro atoms. The molecule has 0 bridgehead atoms. The lowest BCUT2D eigenvalue weighted by Crippen LogP contribution is -2.44. The highest BCUT2D eigenvalue weighted by molar-refractivity contribution is 7.92. The van der Waals surface area contributed by atoms with E-state index < -0.39 is 40.0 Å². The van der Waals surface area contributed by atoms with Gasteiger partial charge in [0, 0.05) is 12.1 Å². The number of anilines is 2. The van der Waals surface area contributed by atoms with Crippen LogP contribution in [0.5, 0.6) is 5.75 Å². The van der Waals surface area contributed by atoms with Gasteiger partial charge in [-0.3, -0.25) is 14.4 Å². The van der Waals surface area contributed by atoms with Crippen molar-refractivity contribution in [2.75, 3.05) is 16.2 Å². The molecular weight excluding hydrogens is 529 g/mol. The first-order chi connectivity index (χ1) is 17.7. The number of fused-ring (bicyclic) bond motifs is 1. The van der Waals surface area contributed by atoms with Crippen LogP contribution in [-0.2, 0) is 19.6 Å². The van der Waals surface area contributed by atoms with Crippen LogP contribution in [-0.4, -0.2) is 50.0 Å². The van der Waals surface area contributed by atoms with Crippen molar-refractivity contribution in [3.8, 4) is 5.75 Å². The van der Waals surface area contributed by atoms with Gasteiger partial charge in [0.15, 0.2) is 0 Å². The number of carbonyl (C=O) groups excluding carboxylic acids is 1. The summed E-state index contributed by atoms with van der Waals surface area (Å²) in [6.45, 7) is 1.20. The van der Waals surface area contributed by atoms with Gasteiger partial charge >= 0.3 is 18.2 Å². The van der Waals surface area contributed by atoms with Crippen LogP contribution in [0.2, 0.25) is 0 Å². The van der Waals surface area contributed by atoms with Crippen LogP contribution >= 0.6 is 0 Å². The highest BCUT2D eigenvalue weighted by Crippen LogP contribution is 2.43. The average molecular weight is 557 g/mol. The van der Waals surface area contributed by atoms with Crippen molar-refractivity contribution in [2.45, 2.75) is 68.2 Å². The summed E-state index contributed by atoms with van der Waals surface area (Å²) in [5.41, 5.74) is -1.84. The molecule has 13 heteroatoms. The molecule has 1 fully saturated rings. The summed E-state index contributed by atoms with van der Waals surface area (Å²) in [6.07, 6.45) is -5.22. The van der Waals surface area contributed by atoms with E-state index in [-0.39, 0.29) is 41.4 Å². The Morgan fingerprint density at radius 3 is 2.50 bits per heavy atom. The van der Waals surface area contributed by atoms with Gasteiger partial charge in [0.25, 0.3) is 10.0 Å². The van der Waals surface area contributed by atoms with Gasteiger partial charge < -0.3 is 14.6 Å². The zero-order valence-electron chi connectivity index (χ0n) is 20.6. The molecule has 38 heavy (non-hydrogen) atoms. The number of nitrogens with zero attached hydrogens (tertiary/aromatic N) is 1. The lowest BCUT2D eigenvalue weighted by atomic mass is 10.1. The third-order valence-electron chi connectivity index (χ3n) is 6.34. The molecule has 0 radical (unpaired) electrons. The second-order valence-electron chi connectivity index (χ2n) is 9.76. The van der Waals surface area contributed by atoms with Crippen LogP contribution in [0.15, 0.2) is 47.4 Å². The second kappa shape index (κ2) is 10.0. The predicted octanol–water partition coefficient (Wildman–Crippen LogP) is 5.27. The first-order valence-electron chi connectivity index (χ1n) is 11.9. The van der Waals surface area contributed by atoms with Crippen LogP contribution in [0, 0.1) is 0 Å². The van der Waals surface area contributed by atoms with E-state index in [9.17, 15) is 31.2 Å². The zero-order valence-corrected chi connectivity index (χ0v) is 21.4. The number of sulfonamides is 1. The van der Waals surface area contributed by atoms with E-state index in [1.165, 1.54) is 24.3 Å². The summed E-state index contributed by atoms with van der Waals surface area (Å²) in [5, 5.41) is 11.3. The number of aliphatic carboxylic acids is 1. The Bertz CT molecular complexity index is 1340. The first-order valence-corrected chi connectivity index (χ1v) is 13.3. The maximum Gasteiger partial charge on any atom is 0.427 e. The number of carboxylic acids is 1. The maximum absolute atomic E-state index is 13.8. The average Bonchev–Trinajstić information content (AvgIpc) is 3.67. The number of hydrogen-bond acceptors (Lipinski definition) is 6. The molecule has 0 aromatic heterocycles. The number of nitrogens with one attached hydrogen (secondary N) is 1. The SMILES string of the molecule is CC(C)(OC(=O)Nc1ccc2c(c1)N(S(=O)(=O)c1cccc(C3CC3)c1)C[C@H](CCC(=O)O)O2)C(F)(F)F. The lowest BCUT2D eigenvalue weighted by molar-refractivity contribution is -0.242. The predicted molar refractivity (Wildman–Crippen MR) is 131 cm³/mol. The van der Waals surface area contributed by atoms with E-state index in [4.69, 9.17) is 9.84 Å². The molecule has 206 valence electrons. The molecule has 9 nitrogen and oxygen atoms in total. The Kier molecular flexibility index (Phi) is 7.26. The van der Waals surface area contributed by atoms with E-state index in [1.807, 2.05) is 6.07 Å². The molecule has 0 unspecified atom stereocenters. The molecule has 1 aliphatic carbocycles. The van der Waals surface area contributed by atoms with Crippen molar-refractivity contribution < 1.29 is 45.8 Å². The van der Waals surface area contributed by atoms with Crippen LogP contribution in [0.4, 0.5) is 29.3 Å². The number of amides is 1. The number of halogens is 3. The topological polar surface area (TPSA) is 122 Å². The zero-order chi connectivity index (χ0) is 27.9. The van der Waals surface area contributed by atoms with Gasteiger partial charge in [0.2, 0.25) is 5.60 Å². The number of ether oxygens (including phenoxy) is 2. The molecule has 2 N–H and O–H groups in total. The van der Waals surface area contributed by atoms with Crippen LogP contribution in [0.1, 0.15) is 51.0 Å². The first kappa shape index (κ1) is 27.6. The molecule has 2 aliphatic rings. The second-order valence-corrected chi connectivity index (χ2v) is 11.6. The summed E-state index contributed by atoms with van der Waals surface area (Å²) < 4.78 is 78.3. The molecule has 2 aromatic rings. The Morgan fingerprint density at radius 2 is 1.87 bits per heavy atom. The Morgan fingerprint density at radius 1 is 1.16 bits per heavy atom. The summed E-state index contributed by atoms with van der Waals surface area (Å²) in [7, 11) is -4.16. The van der Waals surface area contributed by atoms with Gasteiger partial charge in [0.05, 0.1) is 17.1 Å². The molecule has 1 amide bonds. The van der Waals surface area contributed by atoms with Crippen molar-refractivity contribution in [1.82, 2.24) is 0 Å². The van der Waals surface area contributed by atoms with Crippen molar-refractivity contribution in [3.05, 3.63) is 48.0 Å². The molecule has 1 atom stereocenters. The van der Waals surface area contributed by atoms with Crippen molar-refractivity contribution in [2.24, 2.45) is 0 Å². The minimum absolute atomic E-state index is 0.0220. The summed E-state index contributed by atoms with van der Waals surface area (Å²) >= 11 is 0. The molecule has 1 saturated carbocycles. The molecule has 1 aliphatic heterocycles. The molecular formula is C25H27F3N2O7S. The number of rotatable bonds is 8. The third-order valence-corrected chi connectivity index (χ3v) is 8.12. The van der Waals surface area contributed by atoms with Gasteiger partial charge in [-0.15, -0.1) is 0 Å². The van der Waals surface area contributed by atoms with E-state index in [2.05, 4.69) is 10.1 Å². The van der Waals surface area contributed by atoms with Gasteiger partial charge in [-0.05, 0) is 74.9 Å². The van der Waals surface area contributed by atoms with Crippen molar-refractivity contribution in [1.29, 1.82) is 0 Å². The standard InChI is InChI=1S/C25H27F3N2O7S/c1-24(2,25(26,27)28)37-23(33)29-17-8-10-21-20(13-17)30(14-18(36-21)9-11-22(31)32)38(34,35)19-5-3-4-16(12-19)15-6-7-15/h3-5,8,10,12-13,15,18H,6-7,9,11,14H2,1-2H3,(H,29,33)(H,31,32)/t18-/m0/s1. The number of carboxylic acid groups (broad SMARTS) is 1. The number of alkyl halides is 3. The number of hydrogen-bond donors (Lipinski definition) is 2. The van der Waals surface area contributed by atoms with Gasteiger partial charge in [0.1, 0.15) is 11.9 Å². The minimum atomic E-state index is -4.81.